The first kappa shape index (κ1) is 10.1. The van der Waals surface area contributed by atoms with Crippen LogP contribution in [0.2, 0.25) is 0 Å². The van der Waals surface area contributed by atoms with Crippen LogP contribution in [-0.2, 0) is 16.8 Å². The molecule has 3 aromatic rings. The molecule has 0 N–H and O–H groups in total. The van der Waals surface area contributed by atoms with Crippen molar-refractivity contribution in [1.29, 1.82) is 0 Å². The second kappa shape index (κ2) is 3.96. The summed E-state index contributed by atoms with van der Waals surface area (Å²) in [6.07, 6.45) is 0. The van der Waals surface area contributed by atoms with Crippen molar-refractivity contribution in [2.45, 2.75) is 0 Å². The van der Waals surface area contributed by atoms with Gasteiger partial charge in [-0.2, -0.15) is 0 Å². The van der Waals surface area contributed by atoms with Gasteiger partial charge >= 0.3 is 0 Å². The maximum absolute atomic E-state index is 4.52. The van der Waals surface area contributed by atoms with Crippen LogP contribution in [0.5, 0.6) is 0 Å². The first-order chi connectivity index (χ1) is 6.93. The van der Waals surface area contributed by atoms with Gasteiger partial charge in [-0.05, 0) is 24.3 Å². The van der Waals surface area contributed by atoms with Crippen LogP contribution < -0.4 is 0 Å². The van der Waals surface area contributed by atoms with Crippen LogP contribution in [0.25, 0.3) is 22.1 Å². The fraction of sp³-hybridized carbons (Fsp3) is 0. The minimum absolute atomic E-state index is 0. The summed E-state index contributed by atoms with van der Waals surface area (Å²) in [7, 11) is 0. The van der Waals surface area contributed by atoms with Crippen LogP contribution in [0.3, 0.4) is 0 Å². The fourth-order valence-corrected chi connectivity index (χ4v) is 1.57. The third-order valence-corrected chi connectivity index (χ3v) is 2.25. The second-order valence-electron chi connectivity index (χ2n) is 3.20. The number of para-hydroxylation sites is 4. The summed E-state index contributed by atoms with van der Waals surface area (Å²) in [4.78, 5) is 9.03. The molecular formula is C12H8CoN2. The van der Waals surface area contributed by atoms with E-state index in [-0.39, 0.29) is 16.8 Å². The molecule has 3 heteroatoms. The van der Waals surface area contributed by atoms with Gasteiger partial charge in [0.25, 0.3) is 0 Å². The van der Waals surface area contributed by atoms with Crippen LogP contribution >= 0.6 is 0 Å². The van der Waals surface area contributed by atoms with Crippen molar-refractivity contribution in [1.82, 2.24) is 9.97 Å². The van der Waals surface area contributed by atoms with Crippen molar-refractivity contribution >= 4 is 22.1 Å². The summed E-state index contributed by atoms with van der Waals surface area (Å²) in [5.74, 6) is 0. The quantitative estimate of drug-likeness (QED) is 0.564. The van der Waals surface area contributed by atoms with E-state index in [0.717, 1.165) is 22.1 Å². The van der Waals surface area contributed by atoms with Crippen molar-refractivity contribution < 1.29 is 16.8 Å². The molecule has 0 bridgehead atoms. The third kappa shape index (κ3) is 1.71. The zero-order valence-corrected chi connectivity index (χ0v) is 8.89. The van der Waals surface area contributed by atoms with Gasteiger partial charge < -0.3 is 0 Å². The van der Waals surface area contributed by atoms with Gasteiger partial charge in [-0.1, -0.05) is 24.3 Å². The van der Waals surface area contributed by atoms with Crippen LogP contribution in [-0.4, -0.2) is 9.97 Å². The summed E-state index contributed by atoms with van der Waals surface area (Å²) in [5.41, 5.74) is 3.80. The van der Waals surface area contributed by atoms with Gasteiger partial charge in [0.05, 0.1) is 22.1 Å². The molecule has 0 aliphatic carbocycles. The third-order valence-electron chi connectivity index (χ3n) is 2.25. The molecule has 0 amide bonds. The molecule has 0 saturated heterocycles. The molecule has 1 radical (unpaired) electrons. The standard InChI is InChI=1S/C12H8N2.Co/c1-2-6-10-9(5-1)13-11-7-3-4-8-12(11)14-10;/h1-8H;. The predicted octanol–water partition coefficient (Wildman–Crippen LogP) is 2.78. The van der Waals surface area contributed by atoms with E-state index in [1.54, 1.807) is 0 Å². The van der Waals surface area contributed by atoms with Gasteiger partial charge in [0.2, 0.25) is 0 Å². The Labute approximate surface area is 97.6 Å². The van der Waals surface area contributed by atoms with Crippen LogP contribution in [0, 0.1) is 0 Å². The summed E-state index contributed by atoms with van der Waals surface area (Å²) >= 11 is 0. The molecule has 0 atom stereocenters. The summed E-state index contributed by atoms with van der Waals surface area (Å²) in [5, 5.41) is 0. The Morgan fingerprint density at radius 2 is 0.800 bits per heavy atom. The van der Waals surface area contributed by atoms with E-state index in [0.29, 0.717) is 0 Å². The maximum atomic E-state index is 4.52. The minimum Gasteiger partial charge on any atom is -0.245 e. The largest absolute Gasteiger partial charge is 0.245 e. The average Bonchev–Trinajstić information content (AvgIpc) is 2.26. The van der Waals surface area contributed by atoms with Gasteiger partial charge in [0, 0.05) is 16.8 Å². The zero-order chi connectivity index (χ0) is 9.38. The Morgan fingerprint density at radius 1 is 0.533 bits per heavy atom. The summed E-state index contributed by atoms with van der Waals surface area (Å²) in [6, 6.07) is 15.8. The first-order valence-electron chi connectivity index (χ1n) is 4.55. The predicted molar refractivity (Wildman–Crippen MR) is 57.0 cm³/mol. The molecule has 2 aromatic carbocycles. The maximum Gasteiger partial charge on any atom is 0.0894 e. The number of aromatic nitrogens is 2. The van der Waals surface area contributed by atoms with E-state index >= 15 is 0 Å². The molecule has 15 heavy (non-hydrogen) atoms. The average molecular weight is 239 g/mol. The summed E-state index contributed by atoms with van der Waals surface area (Å²) in [6.45, 7) is 0. The van der Waals surface area contributed by atoms with Gasteiger partial charge in [0.1, 0.15) is 0 Å². The molecule has 1 heterocycles. The number of benzene rings is 2. The van der Waals surface area contributed by atoms with Gasteiger partial charge in [-0.3, -0.25) is 0 Å². The van der Waals surface area contributed by atoms with Gasteiger partial charge in [0.15, 0.2) is 0 Å². The van der Waals surface area contributed by atoms with E-state index in [2.05, 4.69) is 9.97 Å². The van der Waals surface area contributed by atoms with E-state index in [9.17, 15) is 0 Å². The Hall–Kier alpha value is -1.45. The second-order valence-corrected chi connectivity index (χ2v) is 3.20. The first-order valence-corrected chi connectivity index (χ1v) is 4.55. The molecule has 0 aliphatic heterocycles. The van der Waals surface area contributed by atoms with Crippen molar-refractivity contribution in [3.8, 4) is 0 Å². The molecule has 3 rings (SSSR count). The van der Waals surface area contributed by atoms with Crippen molar-refractivity contribution in [2.24, 2.45) is 0 Å². The smallest absolute Gasteiger partial charge is 0.0894 e. The Balaban J connectivity index is 0.000000853. The van der Waals surface area contributed by atoms with Crippen molar-refractivity contribution in [3.05, 3.63) is 48.5 Å². The van der Waals surface area contributed by atoms with Crippen LogP contribution in [0.4, 0.5) is 0 Å². The van der Waals surface area contributed by atoms with Crippen LogP contribution in [0.1, 0.15) is 0 Å². The fourth-order valence-electron chi connectivity index (χ4n) is 1.57. The monoisotopic (exact) mass is 239 g/mol. The number of hydrogen-bond donors (Lipinski definition) is 0. The molecular weight excluding hydrogens is 231 g/mol. The Morgan fingerprint density at radius 3 is 1.07 bits per heavy atom. The Bertz CT molecular complexity index is 502. The van der Waals surface area contributed by atoms with Gasteiger partial charge in [-0.15, -0.1) is 0 Å². The SMILES string of the molecule is [Co].c1ccc2nc3ccccc3nc2c1. The van der Waals surface area contributed by atoms with Crippen molar-refractivity contribution in [2.75, 3.05) is 0 Å². The van der Waals surface area contributed by atoms with Crippen molar-refractivity contribution in [3.63, 3.8) is 0 Å². The molecule has 0 aliphatic rings. The van der Waals surface area contributed by atoms with Crippen LogP contribution in [0.15, 0.2) is 48.5 Å². The van der Waals surface area contributed by atoms with E-state index < -0.39 is 0 Å². The minimum atomic E-state index is 0. The van der Waals surface area contributed by atoms with E-state index in [1.807, 2.05) is 48.5 Å². The molecule has 2 nitrogen and oxygen atoms in total. The molecule has 0 unspecified atom stereocenters. The van der Waals surface area contributed by atoms with Gasteiger partial charge in [-0.25, -0.2) is 9.97 Å². The number of hydrogen-bond acceptors (Lipinski definition) is 2. The Kier molecular flexibility index (Phi) is 2.66. The topological polar surface area (TPSA) is 25.8 Å². The molecule has 0 saturated carbocycles. The molecule has 0 spiro atoms. The van der Waals surface area contributed by atoms with E-state index in [4.69, 9.17) is 0 Å². The normalized spacial score (nSPS) is 10.1. The van der Waals surface area contributed by atoms with E-state index in [1.165, 1.54) is 0 Å². The molecule has 1 aromatic heterocycles. The molecule has 0 fully saturated rings. The zero-order valence-electron chi connectivity index (χ0n) is 7.85. The number of nitrogens with zero attached hydrogens (tertiary/aromatic N) is 2. The molecule has 75 valence electrons. The summed E-state index contributed by atoms with van der Waals surface area (Å²) < 4.78 is 0. The number of fused-ring (bicyclic) bond motifs is 2. The number of rotatable bonds is 0.